The van der Waals surface area contributed by atoms with E-state index in [-0.39, 0.29) is 24.5 Å². The van der Waals surface area contributed by atoms with Crippen LogP contribution in [0.4, 0.5) is 0 Å². The van der Waals surface area contributed by atoms with Crippen molar-refractivity contribution in [2.75, 3.05) is 13.1 Å². The van der Waals surface area contributed by atoms with E-state index in [0.29, 0.717) is 6.42 Å². The maximum atomic E-state index is 11.9. The molecule has 6 heteroatoms. The lowest BCUT2D eigenvalue weighted by Gasteiger charge is -2.42. The summed E-state index contributed by atoms with van der Waals surface area (Å²) >= 11 is 1.73. The zero-order valence-corrected chi connectivity index (χ0v) is 13.8. The molecule has 1 aromatic heterocycles. The lowest BCUT2D eigenvalue weighted by atomic mass is 9.85. The molecular weight excluding hydrogens is 300 g/mol. The van der Waals surface area contributed by atoms with Gasteiger partial charge in [-0.1, -0.05) is 13.0 Å². The highest BCUT2D eigenvalue weighted by atomic mass is 32.1. The molecule has 0 radical (unpaired) electrons. The molecule has 0 saturated heterocycles. The van der Waals surface area contributed by atoms with Crippen molar-refractivity contribution >= 4 is 23.2 Å². The standard InChI is InChI=1S/C16H24N2O3S/c1-2-18(11-16(20)21)13-9-12(10-13)17-15(19)7-3-5-14-6-4-8-22-14/h4,6,8,12-13H,2-3,5,7,9-11H2,1H3,(H,17,19)(H,20,21). The quantitative estimate of drug-likeness (QED) is 0.730. The first-order chi connectivity index (χ1) is 10.6. The summed E-state index contributed by atoms with van der Waals surface area (Å²) < 4.78 is 0. The summed E-state index contributed by atoms with van der Waals surface area (Å²) in [7, 11) is 0. The number of rotatable bonds is 9. The monoisotopic (exact) mass is 324 g/mol. The average Bonchev–Trinajstić information content (AvgIpc) is 2.93. The number of likely N-dealkylation sites (N-methyl/N-ethyl adjacent to an activating group) is 1. The van der Waals surface area contributed by atoms with Crippen molar-refractivity contribution in [1.29, 1.82) is 0 Å². The Bertz CT molecular complexity index is 484. The number of carbonyl (C=O) groups excluding carboxylic acids is 1. The van der Waals surface area contributed by atoms with E-state index < -0.39 is 5.97 Å². The van der Waals surface area contributed by atoms with Crippen LogP contribution in [0.1, 0.15) is 37.5 Å². The predicted molar refractivity (Wildman–Crippen MR) is 87.1 cm³/mol. The molecule has 122 valence electrons. The fourth-order valence-corrected chi connectivity index (χ4v) is 3.61. The van der Waals surface area contributed by atoms with Crippen molar-refractivity contribution in [3.8, 4) is 0 Å². The van der Waals surface area contributed by atoms with Gasteiger partial charge in [0, 0.05) is 23.4 Å². The van der Waals surface area contributed by atoms with Gasteiger partial charge in [0.05, 0.1) is 6.54 Å². The van der Waals surface area contributed by atoms with Gasteiger partial charge in [0.1, 0.15) is 0 Å². The van der Waals surface area contributed by atoms with Crippen molar-refractivity contribution < 1.29 is 14.7 Å². The van der Waals surface area contributed by atoms with Crippen LogP contribution in [0.25, 0.3) is 0 Å². The molecule has 0 aliphatic heterocycles. The second kappa shape index (κ2) is 8.29. The van der Waals surface area contributed by atoms with Crippen molar-refractivity contribution in [2.24, 2.45) is 0 Å². The second-order valence-electron chi connectivity index (χ2n) is 5.78. The molecule has 1 aliphatic rings. The van der Waals surface area contributed by atoms with E-state index in [9.17, 15) is 9.59 Å². The Kier molecular flexibility index (Phi) is 6.39. The van der Waals surface area contributed by atoms with Gasteiger partial charge in [-0.15, -0.1) is 11.3 Å². The summed E-state index contributed by atoms with van der Waals surface area (Å²) in [5.41, 5.74) is 0. The number of carbonyl (C=O) groups is 2. The highest BCUT2D eigenvalue weighted by Crippen LogP contribution is 2.25. The molecule has 1 aliphatic carbocycles. The number of aliphatic carboxylic acids is 1. The maximum Gasteiger partial charge on any atom is 0.317 e. The van der Waals surface area contributed by atoms with Crippen LogP contribution in [0.15, 0.2) is 17.5 Å². The molecular formula is C16H24N2O3S. The fourth-order valence-electron chi connectivity index (χ4n) is 2.85. The fraction of sp³-hybridized carbons (Fsp3) is 0.625. The first kappa shape index (κ1) is 17.0. The number of nitrogens with one attached hydrogen (secondary N) is 1. The third-order valence-electron chi connectivity index (χ3n) is 4.15. The molecule has 5 nitrogen and oxygen atoms in total. The van der Waals surface area contributed by atoms with Gasteiger partial charge in [-0.25, -0.2) is 0 Å². The molecule has 0 aromatic carbocycles. The minimum atomic E-state index is -0.789. The summed E-state index contributed by atoms with van der Waals surface area (Å²) in [5, 5.41) is 14.0. The van der Waals surface area contributed by atoms with E-state index in [4.69, 9.17) is 5.11 Å². The van der Waals surface area contributed by atoms with E-state index in [0.717, 1.165) is 32.2 Å². The normalized spacial score (nSPS) is 20.6. The van der Waals surface area contributed by atoms with Crippen molar-refractivity contribution in [3.63, 3.8) is 0 Å². The second-order valence-corrected chi connectivity index (χ2v) is 6.81. The topological polar surface area (TPSA) is 69.6 Å². The molecule has 2 N–H and O–H groups in total. The van der Waals surface area contributed by atoms with Crippen LogP contribution in [0.2, 0.25) is 0 Å². The third-order valence-corrected chi connectivity index (χ3v) is 5.08. The summed E-state index contributed by atoms with van der Waals surface area (Å²) in [6, 6.07) is 4.63. The zero-order chi connectivity index (χ0) is 15.9. The molecule has 1 saturated carbocycles. The van der Waals surface area contributed by atoms with E-state index in [1.807, 2.05) is 17.9 Å². The van der Waals surface area contributed by atoms with Gasteiger partial charge in [-0.2, -0.15) is 0 Å². The summed E-state index contributed by atoms with van der Waals surface area (Å²) in [6.07, 6.45) is 4.12. The van der Waals surface area contributed by atoms with E-state index >= 15 is 0 Å². The Labute approximate surface area is 135 Å². The van der Waals surface area contributed by atoms with Gasteiger partial charge in [0.15, 0.2) is 0 Å². The number of hydrogen-bond donors (Lipinski definition) is 2. The first-order valence-corrected chi connectivity index (χ1v) is 8.74. The lowest BCUT2D eigenvalue weighted by molar-refractivity contribution is -0.139. The van der Waals surface area contributed by atoms with Crippen LogP contribution in [0.3, 0.4) is 0 Å². The molecule has 0 atom stereocenters. The van der Waals surface area contributed by atoms with Crippen LogP contribution in [0.5, 0.6) is 0 Å². The summed E-state index contributed by atoms with van der Waals surface area (Å²) in [6.45, 7) is 2.79. The average molecular weight is 324 g/mol. The number of thiophene rings is 1. The van der Waals surface area contributed by atoms with Gasteiger partial charge in [-0.05, 0) is 43.7 Å². The Balaban J connectivity index is 1.60. The summed E-state index contributed by atoms with van der Waals surface area (Å²) in [4.78, 5) is 25.9. The number of carboxylic acids is 1. The van der Waals surface area contributed by atoms with E-state index in [1.54, 1.807) is 11.3 Å². The Morgan fingerprint density at radius 1 is 1.45 bits per heavy atom. The number of aryl methyl sites for hydroxylation is 1. The van der Waals surface area contributed by atoms with Gasteiger partial charge in [-0.3, -0.25) is 14.5 Å². The molecule has 1 aromatic rings. The number of nitrogens with zero attached hydrogens (tertiary/aromatic N) is 1. The van der Waals surface area contributed by atoms with E-state index in [1.165, 1.54) is 4.88 Å². The van der Waals surface area contributed by atoms with Crippen molar-refractivity contribution in [2.45, 2.75) is 51.1 Å². The van der Waals surface area contributed by atoms with Crippen molar-refractivity contribution in [1.82, 2.24) is 10.2 Å². The number of carboxylic acid groups (broad SMARTS) is 1. The molecule has 1 heterocycles. The predicted octanol–water partition coefficient (Wildman–Crippen LogP) is 2.12. The van der Waals surface area contributed by atoms with Crippen LogP contribution in [-0.4, -0.2) is 47.1 Å². The van der Waals surface area contributed by atoms with Crippen molar-refractivity contribution in [3.05, 3.63) is 22.4 Å². The molecule has 0 spiro atoms. The molecule has 22 heavy (non-hydrogen) atoms. The van der Waals surface area contributed by atoms with Gasteiger partial charge >= 0.3 is 5.97 Å². The Morgan fingerprint density at radius 2 is 2.23 bits per heavy atom. The molecule has 1 amide bonds. The minimum Gasteiger partial charge on any atom is -0.480 e. The van der Waals surface area contributed by atoms with Gasteiger partial charge in [0.25, 0.3) is 0 Å². The Hall–Kier alpha value is -1.40. The van der Waals surface area contributed by atoms with Gasteiger partial charge in [0.2, 0.25) is 5.91 Å². The number of amides is 1. The van der Waals surface area contributed by atoms with Gasteiger partial charge < -0.3 is 10.4 Å². The highest BCUT2D eigenvalue weighted by Gasteiger charge is 2.34. The van der Waals surface area contributed by atoms with Crippen LogP contribution in [0, 0.1) is 0 Å². The third kappa shape index (κ3) is 5.10. The largest absolute Gasteiger partial charge is 0.480 e. The van der Waals surface area contributed by atoms with Crippen LogP contribution < -0.4 is 5.32 Å². The molecule has 1 fully saturated rings. The Morgan fingerprint density at radius 3 is 2.82 bits per heavy atom. The first-order valence-electron chi connectivity index (χ1n) is 7.86. The molecule has 2 rings (SSSR count). The summed E-state index contributed by atoms with van der Waals surface area (Å²) in [5.74, 6) is -0.677. The lowest BCUT2D eigenvalue weighted by Crippen LogP contribution is -2.54. The SMILES string of the molecule is CCN(CC(=O)O)C1CC(NC(=O)CCCc2cccs2)C1. The molecule has 0 unspecified atom stereocenters. The highest BCUT2D eigenvalue weighted by molar-refractivity contribution is 7.09. The number of hydrogen-bond acceptors (Lipinski definition) is 4. The van der Waals surface area contributed by atoms with Crippen LogP contribution >= 0.6 is 11.3 Å². The minimum absolute atomic E-state index is 0.0860. The zero-order valence-electron chi connectivity index (χ0n) is 13.0. The maximum absolute atomic E-state index is 11.9. The van der Waals surface area contributed by atoms with Crippen LogP contribution in [-0.2, 0) is 16.0 Å². The smallest absolute Gasteiger partial charge is 0.317 e. The molecule has 0 bridgehead atoms. The van der Waals surface area contributed by atoms with E-state index in [2.05, 4.69) is 16.8 Å².